The van der Waals surface area contributed by atoms with Crippen molar-refractivity contribution in [3.05, 3.63) is 12.3 Å². The van der Waals surface area contributed by atoms with Crippen LogP contribution in [0.25, 0.3) is 0 Å². The first-order chi connectivity index (χ1) is 4.84. The van der Waals surface area contributed by atoms with E-state index in [9.17, 15) is 4.79 Å². The highest BCUT2D eigenvalue weighted by atomic mass is 16.5. The Labute approximate surface area is 57.0 Å². The molecule has 1 heterocycles. The predicted octanol–water partition coefficient (Wildman–Crippen LogP) is 0.0465. The summed E-state index contributed by atoms with van der Waals surface area (Å²) in [5.41, 5.74) is 0. The van der Waals surface area contributed by atoms with E-state index < -0.39 is 5.97 Å². The first-order valence-electron chi connectivity index (χ1n) is 2.71. The summed E-state index contributed by atoms with van der Waals surface area (Å²) >= 11 is 0. The molecule has 0 amide bonds. The normalized spacial score (nSPS) is 9.30. The van der Waals surface area contributed by atoms with Gasteiger partial charge in [-0.2, -0.15) is 0 Å². The number of carbonyl (C=O) groups excluding carboxylic acids is 1. The fraction of sp³-hybridized carbons (Fsp3) is 0.400. The topological polar surface area (TPSA) is 65.2 Å². The molecule has 0 aliphatic heterocycles. The Morgan fingerprint density at radius 3 is 3.20 bits per heavy atom. The van der Waals surface area contributed by atoms with Gasteiger partial charge in [0.1, 0.15) is 0 Å². The number of nitrogens with zero attached hydrogens (tertiary/aromatic N) is 2. The van der Waals surface area contributed by atoms with Crippen molar-refractivity contribution in [3.63, 3.8) is 0 Å². The van der Waals surface area contributed by atoms with E-state index >= 15 is 0 Å². The van der Waals surface area contributed by atoms with Gasteiger partial charge >= 0.3 is 18.3 Å². The van der Waals surface area contributed by atoms with E-state index in [2.05, 4.69) is 19.4 Å². The molecule has 0 unspecified atom stereocenters. The molecular weight excluding hydrogens is 136 g/mol. The highest BCUT2D eigenvalue weighted by Gasteiger charge is 2.11. The van der Waals surface area contributed by atoms with E-state index in [1.807, 2.05) is 6.39 Å². The van der Waals surface area contributed by atoms with Gasteiger partial charge in [-0.15, -0.1) is 10.2 Å². The Morgan fingerprint density at radius 1 is 1.90 bits per heavy atom. The third-order valence-corrected chi connectivity index (χ3v) is 0.774. The second-order valence-electron chi connectivity index (χ2n) is 1.42. The van der Waals surface area contributed by atoms with Gasteiger partial charge in [0.05, 0.1) is 6.61 Å². The quantitative estimate of drug-likeness (QED) is 0.544. The summed E-state index contributed by atoms with van der Waals surface area (Å²) in [5, 5.41) is 6.47. The molecule has 0 N–H and O–H groups in total. The van der Waals surface area contributed by atoms with E-state index in [1.54, 1.807) is 6.92 Å². The van der Waals surface area contributed by atoms with Crippen molar-refractivity contribution in [2.24, 2.45) is 0 Å². The number of hydrogen-bond donors (Lipinski definition) is 0. The van der Waals surface area contributed by atoms with Gasteiger partial charge in [0, 0.05) is 0 Å². The van der Waals surface area contributed by atoms with E-state index in [0.29, 0.717) is 6.61 Å². The number of hydrogen-bond acceptors (Lipinski definition) is 5. The van der Waals surface area contributed by atoms with Gasteiger partial charge in [-0.25, -0.2) is 4.79 Å². The predicted molar refractivity (Wildman–Crippen MR) is 29.1 cm³/mol. The Bertz CT molecular complexity index is 207. The zero-order valence-electron chi connectivity index (χ0n) is 5.33. The minimum absolute atomic E-state index is 0.165. The molecule has 0 saturated heterocycles. The molecule has 0 fully saturated rings. The number of rotatable bonds is 2. The third kappa shape index (κ3) is 1.31. The molecule has 1 rings (SSSR count). The average molecular weight is 141 g/mol. The number of esters is 1. The summed E-state index contributed by atoms with van der Waals surface area (Å²) in [6, 6.07) is 0. The lowest BCUT2D eigenvalue weighted by molar-refractivity contribution is 0.0480. The second-order valence-corrected chi connectivity index (χ2v) is 1.42. The van der Waals surface area contributed by atoms with E-state index in [1.165, 1.54) is 0 Å². The van der Waals surface area contributed by atoms with E-state index in [-0.39, 0.29) is 5.89 Å². The highest BCUT2D eigenvalue weighted by molar-refractivity contribution is 5.83. The summed E-state index contributed by atoms with van der Waals surface area (Å²) in [6.07, 6.45) is 2.03. The third-order valence-electron chi connectivity index (χ3n) is 0.774. The van der Waals surface area contributed by atoms with Crippen LogP contribution in [0, 0.1) is 6.39 Å². The molecule has 0 aliphatic rings. The summed E-state index contributed by atoms with van der Waals surface area (Å²) in [7, 11) is 0. The molecule has 5 heteroatoms. The van der Waals surface area contributed by atoms with Gasteiger partial charge in [0.15, 0.2) is 0 Å². The fourth-order valence-electron chi connectivity index (χ4n) is 0.425. The Kier molecular flexibility index (Phi) is 1.99. The summed E-state index contributed by atoms with van der Waals surface area (Å²) < 4.78 is 8.96. The van der Waals surface area contributed by atoms with Gasteiger partial charge in [-0.1, -0.05) is 0 Å². The summed E-state index contributed by atoms with van der Waals surface area (Å²) in [4.78, 5) is 10.7. The summed E-state index contributed by atoms with van der Waals surface area (Å²) in [6.45, 7) is 1.99. The highest BCUT2D eigenvalue weighted by Crippen LogP contribution is 1.93. The van der Waals surface area contributed by atoms with Crippen LogP contribution in [-0.4, -0.2) is 22.8 Å². The molecule has 0 bridgehead atoms. The molecule has 10 heavy (non-hydrogen) atoms. The minimum Gasteiger partial charge on any atom is -0.459 e. The van der Waals surface area contributed by atoms with Crippen molar-refractivity contribution in [2.45, 2.75) is 6.92 Å². The first-order valence-corrected chi connectivity index (χ1v) is 2.71. The van der Waals surface area contributed by atoms with Crippen LogP contribution in [0.2, 0.25) is 0 Å². The zero-order valence-corrected chi connectivity index (χ0v) is 5.33. The molecule has 0 atom stereocenters. The van der Waals surface area contributed by atoms with Gasteiger partial charge in [-0.05, 0) is 6.92 Å². The van der Waals surface area contributed by atoms with Gasteiger partial charge in [-0.3, -0.25) is 0 Å². The maximum Gasteiger partial charge on any atom is 0.396 e. The lowest BCUT2D eigenvalue weighted by Gasteiger charge is -1.92. The number of ether oxygens (including phenoxy) is 1. The van der Waals surface area contributed by atoms with Crippen molar-refractivity contribution in [2.75, 3.05) is 6.61 Å². The van der Waals surface area contributed by atoms with Gasteiger partial charge in [0.2, 0.25) is 0 Å². The Morgan fingerprint density at radius 2 is 2.70 bits per heavy atom. The molecule has 0 spiro atoms. The second kappa shape index (κ2) is 2.95. The maximum absolute atomic E-state index is 10.7. The van der Waals surface area contributed by atoms with Crippen LogP contribution in [0.4, 0.5) is 0 Å². The summed E-state index contributed by atoms with van der Waals surface area (Å²) in [5.74, 6) is -0.780. The molecule has 53 valence electrons. The molecular formula is C5H5N2O3. The van der Waals surface area contributed by atoms with Crippen LogP contribution in [0.1, 0.15) is 17.6 Å². The molecule has 1 aromatic rings. The Hall–Kier alpha value is -1.39. The van der Waals surface area contributed by atoms with Crippen molar-refractivity contribution in [3.8, 4) is 0 Å². The SMILES string of the molecule is CCOC(=O)c1nn[c]o1. The van der Waals surface area contributed by atoms with Crippen LogP contribution < -0.4 is 0 Å². The maximum atomic E-state index is 10.7. The molecule has 1 aromatic heterocycles. The van der Waals surface area contributed by atoms with E-state index in [4.69, 9.17) is 0 Å². The van der Waals surface area contributed by atoms with Gasteiger partial charge in [0.25, 0.3) is 0 Å². The van der Waals surface area contributed by atoms with Crippen LogP contribution in [0.5, 0.6) is 0 Å². The molecule has 5 nitrogen and oxygen atoms in total. The Balaban J connectivity index is 2.59. The zero-order chi connectivity index (χ0) is 7.40. The molecule has 1 radical (unpaired) electrons. The minimum atomic E-state index is -0.615. The standard InChI is InChI=1S/C5H5N2O3/c1-2-9-5(8)4-7-6-3-10-4/h2H2,1H3. The largest absolute Gasteiger partial charge is 0.459 e. The number of aromatic nitrogens is 2. The van der Waals surface area contributed by atoms with Crippen molar-refractivity contribution >= 4 is 5.97 Å². The fourth-order valence-corrected chi connectivity index (χ4v) is 0.425. The van der Waals surface area contributed by atoms with Crippen molar-refractivity contribution < 1.29 is 13.9 Å². The monoisotopic (exact) mass is 141 g/mol. The molecule has 0 saturated carbocycles. The van der Waals surface area contributed by atoms with Crippen LogP contribution in [0.15, 0.2) is 4.42 Å². The smallest absolute Gasteiger partial charge is 0.396 e. The van der Waals surface area contributed by atoms with Crippen molar-refractivity contribution in [1.82, 2.24) is 10.2 Å². The van der Waals surface area contributed by atoms with Crippen molar-refractivity contribution in [1.29, 1.82) is 0 Å². The van der Waals surface area contributed by atoms with Crippen LogP contribution in [0.3, 0.4) is 0 Å². The first kappa shape index (κ1) is 6.73. The van der Waals surface area contributed by atoms with Crippen LogP contribution >= 0.6 is 0 Å². The van der Waals surface area contributed by atoms with Crippen LogP contribution in [-0.2, 0) is 4.74 Å². The lowest BCUT2D eigenvalue weighted by Crippen LogP contribution is -2.04. The van der Waals surface area contributed by atoms with E-state index in [0.717, 1.165) is 0 Å². The average Bonchev–Trinajstić information content (AvgIpc) is 2.38. The van der Waals surface area contributed by atoms with Gasteiger partial charge < -0.3 is 9.15 Å². The molecule has 0 aliphatic carbocycles. The number of carbonyl (C=O) groups is 1. The molecule has 0 aromatic carbocycles. The lowest BCUT2D eigenvalue weighted by atomic mass is 10.7.